The summed E-state index contributed by atoms with van der Waals surface area (Å²) in [7, 11) is 0. The number of nitrogens with two attached hydrogens (primary N) is 1. The number of aliphatic hydroxyl groups is 1. The van der Waals surface area contributed by atoms with Crippen LogP contribution in [-0.2, 0) is 6.54 Å². The molecule has 2 rings (SSSR count). The molecule has 0 fully saturated rings. The molecule has 21 heavy (non-hydrogen) atoms. The largest absolute Gasteiger partial charge is 0.491 e. The van der Waals surface area contributed by atoms with Gasteiger partial charge in [-0.25, -0.2) is 0 Å². The third-order valence-corrected chi connectivity index (χ3v) is 2.93. The molecule has 1 unspecified atom stereocenters. The van der Waals surface area contributed by atoms with Crippen LogP contribution in [0.3, 0.4) is 0 Å². The maximum absolute atomic E-state index is 9.84. The van der Waals surface area contributed by atoms with Gasteiger partial charge in [0.2, 0.25) is 0 Å². The van der Waals surface area contributed by atoms with Gasteiger partial charge in [0.1, 0.15) is 30.8 Å². The molecule has 0 radical (unpaired) electrons. The predicted octanol–water partition coefficient (Wildman–Crippen LogP) is 1.67. The molecule has 2 aromatic rings. The minimum atomic E-state index is -0.708. The molecular formula is C16H20N2O3. The zero-order valence-corrected chi connectivity index (χ0v) is 12.0. The highest BCUT2D eigenvalue weighted by Gasteiger charge is 2.07. The Morgan fingerprint density at radius 2 is 1.67 bits per heavy atom. The molecule has 112 valence electrons. The van der Waals surface area contributed by atoms with E-state index in [-0.39, 0.29) is 13.2 Å². The van der Waals surface area contributed by atoms with Crippen molar-refractivity contribution in [3.05, 3.63) is 53.9 Å². The van der Waals surface area contributed by atoms with E-state index in [0.29, 0.717) is 18.0 Å². The Kier molecular flexibility index (Phi) is 5.54. The fourth-order valence-corrected chi connectivity index (χ4v) is 1.69. The standard InChI is InChI=1S/C16H20N2O3/c1-12-2-5-16(9-18-12)21-11-14(19)10-20-15-6-3-13(8-17)4-7-15/h2-7,9,14,19H,8,10-11,17H2,1H3. The lowest BCUT2D eigenvalue weighted by Crippen LogP contribution is -2.25. The molecule has 0 amide bonds. The summed E-state index contributed by atoms with van der Waals surface area (Å²) in [6.45, 7) is 2.73. The minimum absolute atomic E-state index is 0.158. The van der Waals surface area contributed by atoms with Gasteiger partial charge in [0, 0.05) is 12.2 Å². The van der Waals surface area contributed by atoms with Crippen molar-refractivity contribution in [3.63, 3.8) is 0 Å². The Morgan fingerprint density at radius 3 is 2.24 bits per heavy atom. The van der Waals surface area contributed by atoms with Crippen LogP contribution in [0.25, 0.3) is 0 Å². The maximum atomic E-state index is 9.84. The van der Waals surface area contributed by atoms with Crippen molar-refractivity contribution >= 4 is 0 Å². The summed E-state index contributed by atoms with van der Waals surface area (Å²) in [6, 6.07) is 11.1. The Balaban J connectivity index is 1.73. The first-order chi connectivity index (χ1) is 10.2. The molecule has 0 aliphatic heterocycles. The molecule has 5 nitrogen and oxygen atoms in total. The number of ether oxygens (including phenoxy) is 2. The van der Waals surface area contributed by atoms with Crippen LogP contribution in [0.15, 0.2) is 42.6 Å². The van der Waals surface area contributed by atoms with Crippen LogP contribution in [0.2, 0.25) is 0 Å². The van der Waals surface area contributed by atoms with E-state index in [9.17, 15) is 5.11 Å². The third kappa shape index (κ3) is 5.06. The highest BCUT2D eigenvalue weighted by Crippen LogP contribution is 2.13. The summed E-state index contributed by atoms with van der Waals surface area (Å²) in [4.78, 5) is 4.12. The molecule has 1 aromatic heterocycles. The van der Waals surface area contributed by atoms with Gasteiger partial charge in [-0.15, -0.1) is 0 Å². The summed E-state index contributed by atoms with van der Waals surface area (Å²) in [6.07, 6.45) is 0.926. The number of hydrogen-bond acceptors (Lipinski definition) is 5. The summed E-state index contributed by atoms with van der Waals surface area (Å²) >= 11 is 0. The van der Waals surface area contributed by atoms with Crippen LogP contribution in [-0.4, -0.2) is 29.4 Å². The average molecular weight is 288 g/mol. The monoisotopic (exact) mass is 288 g/mol. The normalized spacial score (nSPS) is 12.0. The lowest BCUT2D eigenvalue weighted by molar-refractivity contribution is 0.0625. The highest BCUT2D eigenvalue weighted by molar-refractivity contribution is 5.27. The van der Waals surface area contributed by atoms with Crippen molar-refractivity contribution in [2.24, 2.45) is 5.73 Å². The third-order valence-electron chi connectivity index (χ3n) is 2.93. The van der Waals surface area contributed by atoms with Crippen molar-refractivity contribution in [3.8, 4) is 11.5 Å². The molecule has 0 aliphatic rings. The van der Waals surface area contributed by atoms with Crippen LogP contribution >= 0.6 is 0 Å². The number of rotatable bonds is 7. The SMILES string of the molecule is Cc1ccc(OCC(O)COc2ccc(CN)cc2)cn1. The number of nitrogens with zero attached hydrogens (tertiary/aromatic N) is 1. The number of aromatic nitrogens is 1. The van der Waals surface area contributed by atoms with Gasteiger partial charge in [-0.05, 0) is 36.8 Å². The van der Waals surface area contributed by atoms with Gasteiger partial charge < -0.3 is 20.3 Å². The lowest BCUT2D eigenvalue weighted by atomic mass is 10.2. The van der Waals surface area contributed by atoms with Gasteiger partial charge in [0.25, 0.3) is 0 Å². The van der Waals surface area contributed by atoms with E-state index in [1.165, 1.54) is 0 Å². The summed E-state index contributed by atoms with van der Waals surface area (Å²) in [5.74, 6) is 1.33. The molecule has 1 heterocycles. The van der Waals surface area contributed by atoms with Crippen LogP contribution in [0.4, 0.5) is 0 Å². The first-order valence-corrected chi connectivity index (χ1v) is 6.82. The second kappa shape index (κ2) is 7.61. The van der Waals surface area contributed by atoms with Gasteiger partial charge >= 0.3 is 0 Å². The molecule has 0 bridgehead atoms. The van der Waals surface area contributed by atoms with E-state index in [4.69, 9.17) is 15.2 Å². The number of aryl methyl sites for hydroxylation is 1. The van der Waals surface area contributed by atoms with E-state index in [1.807, 2.05) is 43.3 Å². The topological polar surface area (TPSA) is 77.6 Å². The second-order valence-corrected chi connectivity index (χ2v) is 4.76. The van der Waals surface area contributed by atoms with E-state index in [2.05, 4.69) is 4.98 Å². The Labute approximate surface area is 124 Å². The number of benzene rings is 1. The second-order valence-electron chi connectivity index (χ2n) is 4.76. The summed E-state index contributed by atoms with van der Waals surface area (Å²) in [5.41, 5.74) is 7.49. The number of aliphatic hydroxyl groups excluding tert-OH is 1. The lowest BCUT2D eigenvalue weighted by Gasteiger charge is -2.13. The van der Waals surface area contributed by atoms with Gasteiger partial charge in [-0.1, -0.05) is 12.1 Å². The van der Waals surface area contributed by atoms with Crippen molar-refractivity contribution < 1.29 is 14.6 Å². The summed E-state index contributed by atoms with van der Waals surface area (Å²) < 4.78 is 10.9. The van der Waals surface area contributed by atoms with E-state index >= 15 is 0 Å². The maximum Gasteiger partial charge on any atom is 0.137 e. The molecule has 1 atom stereocenters. The quantitative estimate of drug-likeness (QED) is 0.810. The Morgan fingerprint density at radius 1 is 1.05 bits per heavy atom. The number of pyridine rings is 1. The molecule has 0 saturated carbocycles. The predicted molar refractivity (Wildman–Crippen MR) is 80.3 cm³/mol. The van der Waals surface area contributed by atoms with E-state index in [1.54, 1.807) is 6.20 Å². The van der Waals surface area contributed by atoms with Gasteiger partial charge in [0.15, 0.2) is 0 Å². The molecule has 0 aliphatic carbocycles. The average Bonchev–Trinajstić information content (AvgIpc) is 2.53. The van der Waals surface area contributed by atoms with Crippen molar-refractivity contribution in [1.29, 1.82) is 0 Å². The molecule has 5 heteroatoms. The molecule has 1 aromatic carbocycles. The molecule has 0 spiro atoms. The zero-order valence-electron chi connectivity index (χ0n) is 12.0. The number of hydrogen-bond donors (Lipinski definition) is 2. The summed E-state index contributed by atoms with van der Waals surface area (Å²) in [5, 5.41) is 9.84. The highest BCUT2D eigenvalue weighted by atomic mass is 16.5. The van der Waals surface area contributed by atoms with Gasteiger partial charge in [-0.2, -0.15) is 0 Å². The Bertz CT molecular complexity index is 540. The fraction of sp³-hybridized carbons (Fsp3) is 0.312. The van der Waals surface area contributed by atoms with Crippen molar-refractivity contribution in [1.82, 2.24) is 4.98 Å². The van der Waals surface area contributed by atoms with Gasteiger partial charge in [0.05, 0.1) is 6.20 Å². The van der Waals surface area contributed by atoms with Crippen LogP contribution in [0.1, 0.15) is 11.3 Å². The van der Waals surface area contributed by atoms with Crippen LogP contribution < -0.4 is 15.2 Å². The first-order valence-electron chi connectivity index (χ1n) is 6.82. The van der Waals surface area contributed by atoms with Crippen LogP contribution in [0, 0.1) is 6.92 Å². The molecule has 3 N–H and O–H groups in total. The minimum Gasteiger partial charge on any atom is -0.491 e. The van der Waals surface area contributed by atoms with E-state index < -0.39 is 6.10 Å². The smallest absolute Gasteiger partial charge is 0.137 e. The molecular weight excluding hydrogens is 268 g/mol. The Hall–Kier alpha value is -2.11. The van der Waals surface area contributed by atoms with Gasteiger partial charge in [-0.3, -0.25) is 4.98 Å². The van der Waals surface area contributed by atoms with E-state index in [0.717, 1.165) is 11.3 Å². The zero-order chi connectivity index (χ0) is 15.1. The van der Waals surface area contributed by atoms with Crippen molar-refractivity contribution in [2.45, 2.75) is 19.6 Å². The first kappa shape index (κ1) is 15.3. The molecule has 0 saturated heterocycles. The van der Waals surface area contributed by atoms with Crippen molar-refractivity contribution in [2.75, 3.05) is 13.2 Å². The fourth-order valence-electron chi connectivity index (χ4n) is 1.69. The van der Waals surface area contributed by atoms with Crippen LogP contribution in [0.5, 0.6) is 11.5 Å².